The average molecular weight is 526 g/mol. The highest BCUT2D eigenvalue weighted by Crippen LogP contribution is 2.42. The molecule has 1 fully saturated rings. The molecule has 180 valence electrons. The van der Waals surface area contributed by atoms with Gasteiger partial charge in [-0.25, -0.2) is 17.4 Å². The first-order chi connectivity index (χ1) is 16.1. The SMILES string of the molecule is N#Cc1ccc(OP(=O)(O)CNS(=O)(=O)c2cc3cc(CN4CCOCC4)ccc3s2)cc1F. The third-order valence-corrected chi connectivity index (χ3v) is 9.35. The first-order valence-corrected chi connectivity index (χ1v) is 14.2. The Bertz CT molecular complexity index is 1400. The first-order valence-electron chi connectivity index (χ1n) is 10.2. The summed E-state index contributed by atoms with van der Waals surface area (Å²) in [6.07, 6.45) is -0.909. The molecule has 0 radical (unpaired) electrons. The van der Waals surface area contributed by atoms with E-state index in [9.17, 15) is 22.3 Å². The number of halogens is 1. The Morgan fingerprint density at radius 1 is 1.24 bits per heavy atom. The molecular weight excluding hydrogens is 504 g/mol. The lowest BCUT2D eigenvalue weighted by atomic mass is 10.1. The van der Waals surface area contributed by atoms with Gasteiger partial charge in [0.15, 0.2) is 0 Å². The van der Waals surface area contributed by atoms with Crippen LogP contribution in [-0.4, -0.2) is 50.8 Å². The van der Waals surface area contributed by atoms with Crippen LogP contribution in [0.1, 0.15) is 11.1 Å². The number of rotatable bonds is 8. The molecule has 2 aromatic carbocycles. The van der Waals surface area contributed by atoms with Gasteiger partial charge in [-0.05, 0) is 41.3 Å². The number of benzene rings is 2. The van der Waals surface area contributed by atoms with Gasteiger partial charge in [-0.15, -0.1) is 11.3 Å². The van der Waals surface area contributed by atoms with Crippen LogP contribution in [0.3, 0.4) is 0 Å². The smallest absolute Gasteiger partial charge is 0.391 e. The summed E-state index contributed by atoms with van der Waals surface area (Å²) in [5.74, 6) is -1.21. The van der Waals surface area contributed by atoms with Crippen LogP contribution in [0.4, 0.5) is 4.39 Å². The lowest BCUT2D eigenvalue weighted by Crippen LogP contribution is -2.35. The van der Waals surface area contributed by atoms with E-state index >= 15 is 0 Å². The van der Waals surface area contributed by atoms with Crippen molar-refractivity contribution in [2.24, 2.45) is 0 Å². The molecule has 0 amide bonds. The van der Waals surface area contributed by atoms with Gasteiger partial charge < -0.3 is 14.2 Å². The third-order valence-electron chi connectivity index (χ3n) is 5.10. The van der Waals surface area contributed by atoms with E-state index < -0.39 is 29.7 Å². The number of morpholine rings is 1. The summed E-state index contributed by atoms with van der Waals surface area (Å²) in [5, 5.41) is 9.51. The summed E-state index contributed by atoms with van der Waals surface area (Å²) in [6, 6.07) is 11.9. The molecule has 0 bridgehead atoms. The monoisotopic (exact) mass is 525 g/mol. The van der Waals surface area contributed by atoms with Crippen molar-refractivity contribution < 1.29 is 31.5 Å². The standard InChI is InChI=1S/C21H21FN3O6PS2/c22-19-11-18(3-2-16(19)12-23)31-32(26,27)14-24-34(28,29)21-10-17-9-15(1-4-20(17)33-21)13-25-5-7-30-8-6-25/h1-4,9-11,24H,5-8,13-14H2,(H,26,27). The highest BCUT2D eigenvalue weighted by atomic mass is 32.2. The third kappa shape index (κ3) is 6.00. The van der Waals surface area contributed by atoms with Crippen LogP contribution < -0.4 is 9.25 Å². The van der Waals surface area contributed by atoms with Crippen LogP contribution in [0.15, 0.2) is 46.7 Å². The highest BCUT2D eigenvalue weighted by molar-refractivity contribution is 7.92. The van der Waals surface area contributed by atoms with Crippen LogP contribution in [0.2, 0.25) is 0 Å². The summed E-state index contributed by atoms with van der Waals surface area (Å²) in [7, 11) is -8.58. The zero-order valence-electron chi connectivity index (χ0n) is 17.8. The second-order valence-electron chi connectivity index (χ2n) is 7.61. The minimum atomic E-state index is -4.49. The number of thiophene rings is 1. The van der Waals surface area contributed by atoms with Crippen molar-refractivity contribution in [2.45, 2.75) is 10.8 Å². The Kier molecular flexibility index (Phi) is 7.35. The summed E-state index contributed by atoms with van der Waals surface area (Å²) in [5.41, 5.74) is 0.797. The van der Waals surface area contributed by atoms with Crippen LogP contribution >= 0.6 is 18.9 Å². The number of nitrogens with one attached hydrogen (secondary N) is 1. The quantitative estimate of drug-likeness (QED) is 0.429. The van der Waals surface area contributed by atoms with Gasteiger partial charge in [0.05, 0.1) is 18.8 Å². The second-order valence-corrected chi connectivity index (χ2v) is 12.5. The molecule has 1 aromatic heterocycles. The van der Waals surface area contributed by atoms with E-state index in [0.717, 1.165) is 64.8 Å². The predicted octanol–water partition coefficient (Wildman–Crippen LogP) is 3.24. The number of sulfonamides is 1. The van der Waals surface area contributed by atoms with Crippen molar-refractivity contribution in [2.75, 3.05) is 32.6 Å². The lowest BCUT2D eigenvalue weighted by Gasteiger charge is -2.26. The maximum absolute atomic E-state index is 13.7. The molecule has 2 heterocycles. The van der Waals surface area contributed by atoms with Gasteiger partial charge in [-0.1, -0.05) is 6.07 Å². The molecule has 34 heavy (non-hydrogen) atoms. The van der Waals surface area contributed by atoms with Gasteiger partial charge in [0, 0.05) is 30.4 Å². The Labute approximate surface area is 199 Å². The number of nitriles is 1. The summed E-state index contributed by atoms with van der Waals surface area (Å²) < 4.78 is 64.6. The predicted molar refractivity (Wildman–Crippen MR) is 125 cm³/mol. The van der Waals surface area contributed by atoms with E-state index in [1.165, 1.54) is 6.07 Å². The van der Waals surface area contributed by atoms with E-state index in [4.69, 9.17) is 14.5 Å². The minimum absolute atomic E-state index is 0.00422. The van der Waals surface area contributed by atoms with Gasteiger partial charge in [-0.3, -0.25) is 4.90 Å². The van der Waals surface area contributed by atoms with Crippen molar-refractivity contribution in [1.82, 2.24) is 9.62 Å². The molecule has 0 saturated carbocycles. The Morgan fingerprint density at radius 3 is 2.71 bits per heavy atom. The van der Waals surface area contributed by atoms with E-state index in [1.807, 2.05) is 18.2 Å². The van der Waals surface area contributed by atoms with Gasteiger partial charge in [0.1, 0.15) is 28.1 Å². The largest absolute Gasteiger partial charge is 0.424 e. The van der Waals surface area contributed by atoms with Gasteiger partial charge in [0.2, 0.25) is 0 Å². The fourth-order valence-electron chi connectivity index (χ4n) is 3.39. The summed E-state index contributed by atoms with van der Waals surface area (Å²) >= 11 is 1.04. The molecule has 1 aliphatic heterocycles. The molecule has 1 saturated heterocycles. The molecule has 0 spiro atoms. The maximum atomic E-state index is 13.7. The average Bonchev–Trinajstić information content (AvgIpc) is 3.23. The number of ether oxygens (including phenoxy) is 1. The minimum Gasteiger partial charge on any atom is -0.424 e. The lowest BCUT2D eigenvalue weighted by molar-refractivity contribution is 0.0342. The van der Waals surface area contributed by atoms with E-state index in [-0.39, 0.29) is 15.5 Å². The molecule has 1 atom stereocenters. The molecule has 1 unspecified atom stereocenters. The molecule has 4 rings (SSSR count). The zero-order chi connectivity index (χ0) is 24.3. The van der Waals surface area contributed by atoms with E-state index in [1.54, 1.807) is 6.07 Å². The fraction of sp³-hybridized carbons (Fsp3) is 0.286. The van der Waals surface area contributed by atoms with Crippen molar-refractivity contribution in [1.29, 1.82) is 5.26 Å². The number of fused-ring (bicyclic) bond motifs is 1. The second kappa shape index (κ2) is 10.1. The number of nitrogens with zero attached hydrogens (tertiary/aromatic N) is 2. The Balaban J connectivity index is 1.43. The number of hydrogen-bond acceptors (Lipinski definition) is 8. The molecule has 3 aromatic rings. The van der Waals surface area contributed by atoms with Crippen LogP contribution in [0.5, 0.6) is 5.75 Å². The van der Waals surface area contributed by atoms with E-state index in [2.05, 4.69) is 9.62 Å². The van der Waals surface area contributed by atoms with Crippen molar-refractivity contribution in [3.05, 3.63) is 59.4 Å². The van der Waals surface area contributed by atoms with Crippen LogP contribution in [-0.2, 0) is 25.9 Å². The van der Waals surface area contributed by atoms with Crippen molar-refractivity contribution in [3.8, 4) is 11.8 Å². The topological polar surface area (TPSA) is 129 Å². The number of hydrogen-bond donors (Lipinski definition) is 2. The molecule has 13 heteroatoms. The molecule has 1 aliphatic rings. The van der Waals surface area contributed by atoms with Crippen molar-refractivity contribution >= 4 is 39.0 Å². The van der Waals surface area contributed by atoms with Gasteiger partial charge in [-0.2, -0.15) is 9.98 Å². The van der Waals surface area contributed by atoms with Crippen LogP contribution in [0.25, 0.3) is 10.1 Å². The molecule has 0 aliphatic carbocycles. The van der Waals surface area contributed by atoms with Crippen LogP contribution in [0, 0.1) is 17.1 Å². The normalized spacial score (nSPS) is 16.7. The molecule has 9 nitrogen and oxygen atoms in total. The first kappa shape index (κ1) is 24.8. The van der Waals surface area contributed by atoms with E-state index in [0.29, 0.717) is 13.2 Å². The summed E-state index contributed by atoms with van der Waals surface area (Å²) in [4.78, 5) is 12.3. The zero-order valence-corrected chi connectivity index (χ0v) is 20.3. The van der Waals surface area contributed by atoms with Gasteiger partial charge >= 0.3 is 7.60 Å². The Morgan fingerprint density at radius 2 is 2.00 bits per heavy atom. The highest BCUT2D eigenvalue weighted by Gasteiger charge is 2.27. The Hall–Kier alpha value is -2.36. The fourth-order valence-corrected chi connectivity index (χ4v) is 7.32. The van der Waals surface area contributed by atoms with Crippen molar-refractivity contribution in [3.63, 3.8) is 0 Å². The molecule has 2 N–H and O–H groups in total. The summed E-state index contributed by atoms with van der Waals surface area (Å²) in [6.45, 7) is 3.78. The molecular formula is C21H21FN3O6PS2. The maximum Gasteiger partial charge on any atom is 0.391 e. The van der Waals surface area contributed by atoms with Gasteiger partial charge in [0.25, 0.3) is 10.0 Å².